The molecule has 10 heteroatoms. The van der Waals surface area contributed by atoms with Crippen LogP contribution in [0.4, 0.5) is 14.5 Å². The topological polar surface area (TPSA) is 84.5 Å². The summed E-state index contributed by atoms with van der Waals surface area (Å²) >= 11 is 0. The van der Waals surface area contributed by atoms with E-state index in [0.29, 0.717) is 13.1 Å². The van der Waals surface area contributed by atoms with Crippen molar-refractivity contribution in [1.29, 1.82) is 0 Å². The normalized spacial score (nSPS) is 16.8. The van der Waals surface area contributed by atoms with Crippen molar-refractivity contribution < 1.29 is 26.7 Å². The fraction of sp³-hybridized carbons (Fsp3) is 0.500. The van der Waals surface area contributed by atoms with E-state index in [1.165, 1.54) is 0 Å². The van der Waals surface area contributed by atoms with Crippen molar-refractivity contribution in [2.45, 2.75) is 17.6 Å². The summed E-state index contributed by atoms with van der Waals surface area (Å²) in [6, 6.07) is 1.77. The molecule has 1 aromatic carbocycles. The minimum Gasteiger partial charge on any atom is -0.491 e. The van der Waals surface area contributed by atoms with E-state index < -0.39 is 37.9 Å². The van der Waals surface area contributed by atoms with Crippen molar-refractivity contribution in [2.75, 3.05) is 31.8 Å². The van der Waals surface area contributed by atoms with E-state index >= 15 is 0 Å². The molecule has 1 aliphatic rings. The number of hydrogen-bond acceptors (Lipinski definition) is 5. The third-order valence-electron chi connectivity index (χ3n) is 4.00. The molecule has 24 heavy (non-hydrogen) atoms. The van der Waals surface area contributed by atoms with Crippen molar-refractivity contribution in [1.82, 2.24) is 5.32 Å². The number of benzene rings is 1. The Morgan fingerprint density at radius 2 is 1.75 bits per heavy atom. The number of nitrogens with one attached hydrogen (secondary N) is 2. The molecule has 6 nitrogen and oxygen atoms in total. The van der Waals surface area contributed by atoms with Crippen LogP contribution in [-0.2, 0) is 14.6 Å². The third kappa shape index (κ3) is 3.79. The smallest absolute Gasteiger partial charge is 0.245 e. The SMILES string of the molecule is COc1c(F)cc(NC(=O)C2(S(C)(=O)=O)CCNCC2)cc1F.Cl. The summed E-state index contributed by atoms with van der Waals surface area (Å²) in [4.78, 5) is 12.5. The molecule has 1 saturated heterocycles. The molecule has 0 aliphatic carbocycles. The van der Waals surface area contributed by atoms with Crippen molar-refractivity contribution in [3.63, 3.8) is 0 Å². The maximum Gasteiger partial charge on any atom is 0.245 e. The monoisotopic (exact) mass is 384 g/mol. The molecule has 2 N–H and O–H groups in total. The summed E-state index contributed by atoms with van der Waals surface area (Å²) in [5.41, 5.74) is -0.160. The van der Waals surface area contributed by atoms with Gasteiger partial charge in [-0.1, -0.05) is 0 Å². The quantitative estimate of drug-likeness (QED) is 0.821. The first kappa shape index (κ1) is 20.6. The van der Waals surface area contributed by atoms with E-state index in [4.69, 9.17) is 0 Å². The average Bonchev–Trinajstić information content (AvgIpc) is 2.46. The van der Waals surface area contributed by atoms with Gasteiger partial charge in [-0.3, -0.25) is 4.79 Å². The number of rotatable bonds is 4. The zero-order valence-electron chi connectivity index (χ0n) is 13.2. The number of methoxy groups -OCH3 is 1. The number of amides is 1. The molecule has 0 unspecified atom stereocenters. The van der Waals surface area contributed by atoms with Crippen molar-refractivity contribution in [3.8, 4) is 5.75 Å². The Morgan fingerprint density at radius 3 is 2.17 bits per heavy atom. The Labute approximate surface area is 145 Å². The highest BCUT2D eigenvalue weighted by Crippen LogP contribution is 2.31. The van der Waals surface area contributed by atoms with Gasteiger partial charge in [-0.05, 0) is 25.9 Å². The van der Waals surface area contributed by atoms with Crippen LogP contribution in [-0.4, -0.2) is 45.5 Å². The van der Waals surface area contributed by atoms with Crippen molar-refractivity contribution in [3.05, 3.63) is 23.8 Å². The first-order chi connectivity index (χ1) is 10.7. The van der Waals surface area contributed by atoms with Gasteiger partial charge in [0.05, 0.1) is 7.11 Å². The second-order valence-electron chi connectivity index (χ2n) is 5.44. The second-order valence-corrected chi connectivity index (χ2v) is 7.77. The first-order valence-corrected chi connectivity index (χ1v) is 8.85. The zero-order valence-corrected chi connectivity index (χ0v) is 14.8. The number of ether oxygens (including phenoxy) is 1. The number of hydrogen-bond donors (Lipinski definition) is 2. The van der Waals surface area contributed by atoms with Crippen LogP contribution in [0.2, 0.25) is 0 Å². The Hall–Kier alpha value is -1.45. The van der Waals surface area contributed by atoms with Gasteiger partial charge < -0.3 is 15.4 Å². The summed E-state index contributed by atoms with van der Waals surface area (Å²) in [6.07, 6.45) is 1.19. The molecular weight excluding hydrogens is 366 g/mol. The molecule has 1 aromatic rings. The summed E-state index contributed by atoms with van der Waals surface area (Å²) in [5.74, 6) is -3.32. The van der Waals surface area contributed by atoms with E-state index in [1.807, 2.05) is 0 Å². The lowest BCUT2D eigenvalue weighted by Gasteiger charge is -2.34. The first-order valence-electron chi connectivity index (χ1n) is 6.96. The summed E-state index contributed by atoms with van der Waals surface area (Å²) in [5, 5.41) is 5.29. The predicted octanol–water partition coefficient (Wildman–Crippen LogP) is 1.50. The number of sulfone groups is 1. The van der Waals surface area contributed by atoms with E-state index in [9.17, 15) is 22.0 Å². The van der Waals surface area contributed by atoms with Gasteiger partial charge in [0.2, 0.25) is 5.91 Å². The van der Waals surface area contributed by atoms with Crippen molar-refractivity contribution >= 4 is 33.8 Å². The molecule has 1 amide bonds. The highest BCUT2D eigenvalue weighted by Gasteiger charge is 2.48. The lowest BCUT2D eigenvalue weighted by Crippen LogP contribution is -2.55. The lowest BCUT2D eigenvalue weighted by molar-refractivity contribution is -0.119. The molecule has 0 saturated carbocycles. The maximum atomic E-state index is 13.7. The van der Waals surface area contributed by atoms with Crippen LogP contribution in [0, 0.1) is 11.6 Å². The number of anilines is 1. The summed E-state index contributed by atoms with van der Waals surface area (Å²) < 4.78 is 54.6. The van der Waals surface area contributed by atoms with E-state index in [2.05, 4.69) is 15.4 Å². The number of halogens is 3. The number of piperidine rings is 1. The zero-order chi connectivity index (χ0) is 17.3. The molecule has 0 spiro atoms. The van der Waals surface area contributed by atoms with Crippen LogP contribution in [0.5, 0.6) is 5.75 Å². The minimum absolute atomic E-state index is 0. The fourth-order valence-electron chi connectivity index (χ4n) is 2.67. The molecule has 1 aliphatic heterocycles. The number of carbonyl (C=O) groups is 1. The molecule has 2 rings (SSSR count). The standard InChI is InChI=1S/C14H18F2N2O4S.ClH/c1-22-12-10(15)7-9(8-11(12)16)18-13(19)14(23(2,20)21)3-5-17-6-4-14;/h7-8,17H,3-6H2,1-2H3,(H,18,19);1H. The molecule has 0 aromatic heterocycles. The molecule has 136 valence electrons. The van der Waals surface area contributed by atoms with Crippen molar-refractivity contribution in [2.24, 2.45) is 0 Å². The van der Waals surface area contributed by atoms with Gasteiger partial charge in [0.1, 0.15) is 0 Å². The minimum atomic E-state index is -3.70. The second kappa shape index (κ2) is 7.62. The van der Waals surface area contributed by atoms with Gasteiger partial charge in [-0.2, -0.15) is 0 Å². The van der Waals surface area contributed by atoms with Crippen LogP contribution in [0.3, 0.4) is 0 Å². The van der Waals surface area contributed by atoms with Gasteiger partial charge in [-0.25, -0.2) is 17.2 Å². The number of carbonyl (C=O) groups excluding carboxylic acids is 1. The molecule has 0 atom stereocenters. The van der Waals surface area contributed by atoms with Gasteiger partial charge >= 0.3 is 0 Å². The van der Waals surface area contributed by atoms with Gasteiger partial charge in [0, 0.05) is 24.1 Å². The molecule has 0 radical (unpaired) electrons. The largest absolute Gasteiger partial charge is 0.491 e. The summed E-state index contributed by atoms with van der Waals surface area (Å²) in [6.45, 7) is 0.734. The molecule has 0 bridgehead atoms. The van der Waals surface area contributed by atoms with Crippen LogP contribution in [0.25, 0.3) is 0 Å². The van der Waals surface area contributed by atoms with Crippen LogP contribution >= 0.6 is 12.4 Å². The Morgan fingerprint density at radius 1 is 1.25 bits per heavy atom. The van der Waals surface area contributed by atoms with Crippen LogP contribution < -0.4 is 15.4 Å². The van der Waals surface area contributed by atoms with E-state index in [1.54, 1.807) is 0 Å². The Balaban J connectivity index is 0.00000288. The van der Waals surface area contributed by atoms with E-state index in [0.717, 1.165) is 25.5 Å². The highest BCUT2D eigenvalue weighted by molar-refractivity contribution is 7.92. The molecule has 1 heterocycles. The van der Waals surface area contributed by atoms with Crippen LogP contribution in [0.15, 0.2) is 12.1 Å². The predicted molar refractivity (Wildman–Crippen MR) is 88.5 cm³/mol. The van der Waals surface area contributed by atoms with E-state index in [-0.39, 0.29) is 30.9 Å². The fourth-order valence-corrected chi connectivity index (χ4v) is 4.00. The summed E-state index contributed by atoms with van der Waals surface area (Å²) in [7, 11) is -2.59. The maximum absolute atomic E-state index is 13.7. The van der Waals surface area contributed by atoms with Gasteiger partial charge in [-0.15, -0.1) is 12.4 Å². The highest BCUT2D eigenvalue weighted by atomic mass is 35.5. The molecular formula is C14H19ClF2N2O4S. The van der Waals surface area contributed by atoms with Crippen LogP contribution in [0.1, 0.15) is 12.8 Å². The Bertz CT molecular complexity index is 698. The average molecular weight is 385 g/mol. The molecule has 1 fully saturated rings. The van der Waals surface area contributed by atoms with Gasteiger partial charge in [0.25, 0.3) is 0 Å². The third-order valence-corrected chi connectivity index (χ3v) is 6.01. The van der Waals surface area contributed by atoms with Gasteiger partial charge in [0.15, 0.2) is 32.0 Å². The Kier molecular flexibility index (Phi) is 6.54. The lowest BCUT2D eigenvalue weighted by atomic mass is 9.95.